The van der Waals surface area contributed by atoms with E-state index in [1.165, 1.54) is 22.3 Å². The molecule has 0 heterocycles. The van der Waals surface area contributed by atoms with Gasteiger partial charge in [0.1, 0.15) is 0 Å². The van der Waals surface area contributed by atoms with Gasteiger partial charge < -0.3 is 5.32 Å². The zero-order valence-electron chi connectivity index (χ0n) is 14.2. The molecule has 2 rings (SSSR count). The van der Waals surface area contributed by atoms with E-state index in [-0.39, 0.29) is 11.9 Å². The first-order valence-electron chi connectivity index (χ1n) is 7.79. The summed E-state index contributed by atoms with van der Waals surface area (Å²) in [4.78, 5) is 12.2. The number of carbonyl (C=O) groups is 1. The lowest BCUT2D eigenvalue weighted by Gasteiger charge is -2.16. The summed E-state index contributed by atoms with van der Waals surface area (Å²) >= 11 is 0. The number of nitrogens with one attached hydrogen (secondary N) is 1. The van der Waals surface area contributed by atoms with E-state index in [1.54, 1.807) is 0 Å². The van der Waals surface area contributed by atoms with Gasteiger partial charge in [-0.15, -0.1) is 0 Å². The minimum absolute atomic E-state index is 0.0262. The molecule has 0 spiro atoms. The van der Waals surface area contributed by atoms with Crippen molar-refractivity contribution in [2.45, 2.75) is 47.1 Å². The van der Waals surface area contributed by atoms with Crippen LogP contribution in [-0.2, 0) is 11.2 Å². The number of rotatable bonds is 4. The summed E-state index contributed by atoms with van der Waals surface area (Å²) in [5, 5.41) is 3.09. The maximum absolute atomic E-state index is 12.2. The van der Waals surface area contributed by atoms with Gasteiger partial charge in [0, 0.05) is 0 Å². The van der Waals surface area contributed by atoms with Gasteiger partial charge in [-0.1, -0.05) is 36.4 Å². The Morgan fingerprint density at radius 1 is 0.909 bits per heavy atom. The Morgan fingerprint density at radius 3 is 2.09 bits per heavy atom. The number of benzene rings is 2. The third-order valence-corrected chi connectivity index (χ3v) is 4.34. The lowest BCUT2D eigenvalue weighted by molar-refractivity contribution is -0.121. The maximum Gasteiger partial charge on any atom is 0.224 e. The summed E-state index contributed by atoms with van der Waals surface area (Å²) in [7, 11) is 0. The number of amides is 1. The number of hydrogen-bond acceptors (Lipinski definition) is 1. The highest BCUT2D eigenvalue weighted by Gasteiger charge is 2.11. The van der Waals surface area contributed by atoms with E-state index >= 15 is 0 Å². The lowest BCUT2D eigenvalue weighted by Crippen LogP contribution is -2.28. The third-order valence-electron chi connectivity index (χ3n) is 4.34. The molecule has 0 aliphatic rings. The Kier molecular flexibility index (Phi) is 5.02. The van der Waals surface area contributed by atoms with Gasteiger partial charge in [0.05, 0.1) is 12.5 Å². The summed E-state index contributed by atoms with van der Waals surface area (Å²) in [6.07, 6.45) is 0.427. The van der Waals surface area contributed by atoms with Gasteiger partial charge in [-0.2, -0.15) is 0 Å². The van der Waals surface area contributed by atoms with Crippen molar-refractivity contribution in [3.63, 3.8) is 0 Å². The second kappa shape index (κ2) is 6.78. The second-order valence-corrected chi connectivity index (χ2v) is 6.23. The fraction of sp³-hybridized carbons (Fsp3) is 0.350. The Hall–Kier alpha value is -2.09. The maximum atomic E-state index is 12.2. The van der Waals surface area contributed by atoms with Crippen molar-refractivity contribution in [1.82, 2.24) is 5.32 Å². The molecule has 0 aromatic heterocycles. The fourth-order valence-corrected chi connectivity index (χ4v) is 2.51. The first kappa shape index (κ1) is 16.3. The van der Waals surface area contributed by atoms with Crippen molar-refractivity contribution in [2.75, 3.05) is 0 Å². The van der Waals surface area contributed by atoms with Crippen molar-refractivity contribution in [3.8, 4) is 0 Å². The van der Waals surface area contributed by atoms with Crippen LogP contribution in [0.25, 0.3) is 0 Å². The topological polar surface area (TPSA) is 29.1 Å². The van der Waals surface area contributed by atoms with Gasteiger partial charge in [-0.3, -0.25) is 4.79 Å². The van der Waals surface area contributed by atoms with E-state index < -0.39 is 0 Å². The highest BCUT2D eigenvalue weighted by molar-refractivity contribution is 5.79. The minimum Gasteiger partial charge on any atom is -0.349 e. The highest BCUT2D eigenvalue weighted by atomic mass is 16.1. The molecule has 2 aromatic rings. The molecule has 2 heteroatoms. The summed E-state index contributed by atoms with van der Waals surface area (Å²) in [5.41, 5.74) is 7.23. The monoisotopic (exact) mass is 295 g/mol. The molecule has 1 N–H and O–H groups in total. The zero-order valence-corrected chi connectivity index (χ0v) is 14.2. The van der Waals surface area contributed by atoms with Crippen LogP contribution >= 0.6 is 0 Å². The van der Waals surface area contributed by atoms with Crippen molar-refractivity contribution < 1.29 is 4.79 Å². The van der Waals surface area contributed by atoms with Crippen molar-refractivity contribution in [2.24, 2.45) is 0 Å². The summed E-state index contributed by atoms with van der Waals surface area (Å²) in [5.74, 6) is 0.0639. The molecule has 2 nitrogen and oxygen atoms in total. The van der Waals surface area contributed by atoms with Crippen LogP contribution in [0, 0.1) is 27.7 Å². The van der Waals surface area contributed by atoms with Crippen LogP contribution in [0.15, 0.2) is 36.4 Å². The average Bonchev–Trinajstić information content (AvgIpc) is 2.45. The molecule has 2 aromatic carbocycles. The quantitative estimate of drug-likeness (QED) is 0.893. The van der Waals surface area contributed by atoms with E-state index in [4.69, 9.17) is 0 Å². The minimum atomic E-state index is 0.0262. The molecule has 0 fully saturated rings. The van der Waals surface area contributed by atoms with Crippen LogP contribution in [0.1, 0.15) is 46.3 Å². The van der Waals surface area contributed by atoms with Crippen LogP contribution < -0.4 is 5.32 Å². The molecule has 0 saturated carbocycles. The Balaban J connectivity index is 2.01. The Labute approximate surface area is 133 Å². The van der Waals surface area contributed by atoms with E-state index in [0.717, 1.165) is 11.1 Å². The van der Waals surface area contributed by atoms with Crippen LogP contribution in [0.2, 0.25) is 0 Å². The predicted molar refractivity (Wildman–Crippen MR) is 92.1 cm³/mol. The zero-order chi connectivity index (χ0) is 16.3. The Bertz CT molecular complexity index is 688. The third kappa shape index (κ3) is 3.97. The smallest absolute Gasteiger partial charge is 0.224 e. The summed E-state index contributed by atoms with van der Waals surface area (Å²) < 4.78 is 0. The number of aryl methyl sites for hydroxylation is 4. The molecule has 0 aliphatic carbocycles. The van der Waals surface area contributed by atoms with E-state index in [1.807, 2.05) is 13.0 Å². The Morgan fingerprint density at radius 2 is 1.50 bits per heavy atom. The van der Waals surface area contributed by atoms with Gasteiger partial charge in [0.25, 0.3) is 0 Å². The van der Waals surface area contributed by atoms with E-state index in [0.29, 0.717) is 6.42 Å². The predicted octanol–water partition coefficient (Wildman–Crippen LogP) is 4.34. The molecule has 116 valence electrons. The molecular weight excluding hydrogens is 270 g/mol. The van der Waals surface area contributed by atoms with E-state index in [2.05, 4.69) is 63.3 Å². The van der Waals surface area contributed by atoms with Crippen LogP contribution in [0.5, 0.6) is 0 Å². The van der Waals surface area contributed by atoms with Gasteiger partial charge in [-0.25, -0.2) is 0 Å². The second-order valence-electron chi connectivity index (χ2n) is 6.23. The number of carbonyl (C=O) groups excluding carboxylic acids is 1. The standard InChI is InChI=1S/C20H25NO/c1-13-6-8-18(10-15(13)3)12-20(22)21-17(5)19-9-7-14(2)16(4)11-19/h6-11,17H,12H2,1-5H3,(H,21,22)/t17-/m0/s1. The number of hydrogen-bond donors (Lipinski definition) is 1. The first-order chi connectivity index (χ1) is 10.4. The molecule has 0 saturated heterocycles. The van der Waals surface area contributed by atoms with E-state index in [9.17, 15) is 4.79 Å². The van der Waals surface area contributed by atoms with Crippen LogP contribution in [0.4, 0.5) is 0 Å². The molecule has 0 bridgehead atoms. The lowest BCUT2D eigenvalue weighted by atomic mass is 10.0. The van der Waals surface area contributed by atoms with Gasteiger partial charge in [0.2, 0.25) is 5.91 Å². The van der Waals surface area contributed by atoms with Gasteiger partial charge >= 0.3 is 0 Å². The summed E-state index contributed by atoms with van der Waals surface area (Å²) in [6.45, 7) is 10.4. The molecule has 1 amide bonds. The van der Waals surface area contributed by atoms with Gasteiger partial charge in [-0.05, 0) is 68.0 Å². The molecule has 0 radical (unpaired) electrons. The average molecular weight is 295 g/mol. The molecule has 1 atom stereocenters. The van der Waals surface area contributed by atoms with Crippen LogP contribution in [0.3, 0.4) is 0 Å². The largest absolute Gasteiger partial charge is 0.349 e. The van der Waals surface area contributed by atoms with Gasteiger partial charge in [0.15, 0.2) is 0 Å². The molecule has 0 unspecified atom stereocenters. The SMILES string of the molecule is Cc1ccc(CC(=O)N[C@@H](C)c2ccc(C)c(C)c2)cc1C. The summed E-state index contributed by atoms with van der Waals surface area (Å²) in [6, 6.07) is 12.6. The molecular formula is C20H25NO. The first-order valence-corrected chi connectivity index (χ1v) is 7.79. The fourth-order valence-electron chi connectivity index (χ4n) is 2.51. The van der Waals surface area contributed by atoms with Crippen molar-refractivity contribution >= 4 is 5.91 Å². The van der Waals surface area contributed by atoms with Crippen molar-refractivity contribution in [3.05, 3.63) is 69.8 Å². The normalized spacial score (nSPS) is 12.0. The molecule has 0 aliphatic heterocycles. The van der Waals surface area contributed by atoms with Crippen molar-refractivity contribution in [1.29, 1.82) is 0 Å². The highest BCUT2D eigenvalue weighted by Crippen LogP contribution is 2.17. The molecule has 22 heavy (non-hydrogen) atoms. The van der Waals surface area contributed by atoms with Crippen LogP contribution in [-0.4, -0.2) is 5.91 Å².